The van der Waals surface area contributed by atoms with Gasteiger partial charge in [0.05, 0.1) is 20.8 Å². The van der Waals surface area contributed by atoms with E-state index in [2.05, 4.69) is 5.32 Å². The number of fused-ring (bicyclic) bond motifs is 1. The van der Waals surface area contributed by atoms with Gasteiger partial charge in [0.1, 0.15) is 12.4 Å². The molecule has 25 heavy (non-hydrogen) atoms. The lowest BCUT2D eigenvalue weighted by molar-refractivity contribution is 0.0946. The molecule has 0 saturated carbocycles. The van der Waals surface area contributed by atoms with E-state index >= 15 is 0 Å². The molecule has 0 aliphatic carbocycles. The lowest BCUT2D eigenvalue weighted by atomic mass is 10.2. The van der Waals surface area contributed by atoms with Gasteiger partial charge in [-0.3, -0.25) is 4.79 Å². The van der Waals surface area contributed by atoms with Crippen LogP contribution < -0.4 is 29.0 Å². The van der Waals surface area contributed by atoms with Crippen LogP contribution in [0.2, 0.25) is 0 Å². The molecular weight excluding hydrogens is 326 g/mol. The quantitative estimate of drug-likeness (QED) is 0.776. The topological polar surface area (TPSA) is 75.3 Å². The molecule has 3 rings (SSSR count). The molecule has 0 radical (unpaired) electrons. The van der Waals surface area contributed by atoms with Crippen molar-refractivity contribution in [2.24, 2.45) is 0 Å². The van der Waals surface area contributed by atoms with Crippen molar-refractivity contribution in [3.8, 4) is 28.7 Å². The lowest BCUT2D eigenvalue weighted by Gasteiger charge is -2.11. The van der Waals surface area contributed by atoms with Gasteiger partial charge in [0.25, 0.3) is 5.91 Å². The number of hydrogen-bond donors (Lipinski definition) is 1. The molecule has 2 aromatic rings. The Morgan fingerprint density at radius 2 is 1.84 bits per heavy atom. The monoisotopic (exact) mass is 345 g/mol. The van der Waals surface area contributed by atoms with E-state index in [0.717, 1.165) is 0 Å². The largest absolute Gasteiger partial charge is 0.493 e. The minimum Gasteiger partial charge on any atom is -0.493 e. The molecule has 1 amide bonds. The normalized spacial score (nSPS) is 11.8. The van der Waals surface area contributed by atoms with E-state index < -0.39 is 0 Å². The first-order valence-electron chi connectivity index (χ1n) is 7.74. The number of rotatable bonds is 7. The Labute approximate surface area is 145 Å². The maximum atomic E-state index is 12.2. The summed E-state index contributed by atoms with van der Waals surface area (Å²) >= 11 is 0. The van der Waals surface area contributed by atoms with Gasteiger partial charge in [-0.2, -0.15) is 0 Å². The molecule has 0 unspecified atom stereocenters. The van der Waals surface area contributed by atoms with Crippen LogP contribution in [-0.2, 0) is 0 Å². The third kappa shape index (κ3) is 3.88. The molecule has 1 aliphatic rings. The van der Waals surface area contributed by atoms with Crippen LogP contribution >= 0.6 is 0 Å². The number of carbonyl (C=O) groups is 1. The van der Waals surface area contributed by atoms with Crippen LogP contribution in [0.25, 0.3) is 0 Å². The molecule has 0 fully saturated rings. The van der Waals surface area contributed by atoms with Gasteiger partial charge in [0.2, 0.25) is 6.79 Å². The van der Waals surface area contributed by atoms with Crippen molar-refractivity contribution in [2.45, 2.75) is 0 Å². The summed E-state index contributed by atoms with van der Waals surface area (Å²) in [6.45, 7) is 0.917. The maximum Gasteiger partial charge on any atom is 0.251 e. The summed E-state index contributed by atoms with van der Waals surface area (Å²) in [5, 5.41) is 2.79. The zero-order chi connectivity index (χ0) is 17.6. The van der Waals surface area contributed by atoms with E-state index in [9.17, 15) is 4.79 Å². The molecule has 0 bridgehead atoms. The molecule has 0 saturated heterocycles. The highest BCUT2D eigenvalue weighted by molar-refractivity contribution is 5.94. The summed E-state index contributed by atoms with van der Waals surface area (Å²) < 4.78 is 26.5. The van der Waals surface area contributed by atoms with Crippen molar-refractivity contribution in [1.29, 1.82) is 0 Å². The summed E-state index contributed by atoms with van der Waals surface area (Å²) in [5.74, 6) is 2.89. The van der Waals surface area contributed by atoms with Crippen LogP contribution in [-0.4, -0.2) is 40.1 Å². The Balaban J connectivity index is 1.49. The molecule has 2 aromatic carbocycles. The Hall–Kier alpha value is -3.09. The van der Waals surface area contributed by atoms with Crippen LogP contribution in [0.15, 0.2) is 36.4 Å². The summed E-state index contributed by atoms with van der Waals surface area (Å²) in [6, 6.07) is 10.3. The average Bonchev–Trinajstić information content (AvgIpc) is 3.12. The molecule has 1 heterocycles. The molecule has 7 heteroatoms. The number of benzene rings is 2. The van der Waals surface area contributed by atoms with E-state index in [1.165, 1.54) is 7.11 Å². The third-order valence-corrected chi connectivity index (χ3v) is 3.65. The van der Waals surface area contributed by atoms with Crippen molar-refractivity contribution < 1.29 is 28.5 Å². The summed E-state index contributed by atoms with van der Waals surface area (Å²) in [7, 11) is 3.07. The number of hydrogen-bond acceptors (Lipinski definition) is 6. The zero-order valence-electron chi connectivity index (χ0n) is 14.0. The summed E-state index contributed by atoms with van der Waals surface area (Å²) in [4.78, 5) is 12.2. The van der Waals surface area contributed by atoms with E-state index in [1.807, 2.05) is 0 Å². The SMILES string of the molecule is COc1ccc(C(=O)NCCOc2ccc3c(c2)OCO3)cc1OC. The van der Waals surface area contributed by atoms with Gasteiger partial charge in [-0.05, 0) is 30.3 Å². The number of carbonyl (C=O) groups excluding carboxylic acids is 1. The minimum atomic E-state index is -0.213. The van der Waals surface area contributed by atoms with Crippen molar-refractivity contribution in [3.05, 3.63) is 42.0 Å². The van der Waals surface area contributed by atoms with E-state index in [1.54, 1.807) is 43.5 Å². The van der Waals surface area contributed by atoms with E-state index in [-0.39, 0.29) is 12.7 Å². The Morgan fingerprint density at radius 1 is 1.04 bits per heavy atom. The predicted molar refractivity (Wildman–Crippen MR) is 89.9 cm³/mol. The second kappa shape index (κ2) is 7.65. The third-order valence-electron chi connectivity index (χ3n) is 3.65. The highest BCUT2D eigenvalue weighted by Gasteiger charge is 2.14. The molecule has 0 atom stereocenters. The van der Waals surface area contributed by atoms with Crippen molar-refractivity contribution in [1.82, 2.24) is 5.32 Å². The smallest absolute Gasteiger partial charge is 0.251 e. The van der Waals surface area contributed by atoms with E-state index in [0.29, 0.717) is 47.5 Å². The minimum absolute atomic E-state index is 0.213. The van der Waals surface area contributed by atoms with E-state index in [4.69, 9.17) is 23.7 Å². The number of methoxy groups -OCH3 is 2. The molecule has 132 valence electrons. The van der Waals surface area contributed by atoms with Crippen molar-refractivity contribution >= 4 is 5.91 Å². The van der Waals surface area contributed by atoms with Crippen LogP contribution in [0, 0.1) is 0 Å². The molecular formula is C18H19NO6. The second-order valence-electron chi connectivity index (χ2n) is 5.19. The van der Waals surface area contributed by atoms with Crippen LogP contribution in [0.1, 0.15) is 10.4 Å². The first kappa shape index (κ1) is 16.8. The fourth-order valence-electron chi connectivity index (χ4n) is 2.38. The average molecular weight is 345 g/mol. The van der Waals surface area contributed by atoms with Crippen LogP contribution in [0.4, 0.5) is 0 Å². The van der Waals surface area contributed by atoms with Gasteiger partial charge in [0, 0.05) is 11.6 Å². The fraction of sp³-hybridized carbons (Fsp3) is 0.278. The predicted octanol–water partition coefficient (Wildman–Crippen LogP) is 2.24. The Morgan fingerprint density at radius 3 is 2.64 bits per heavy atom. The zero-order valence-corrected chi connectivity index (χ0v) is 14.0. The van der Waals surface area contributed by atoms with Gasteiger partial charge in [-0.25, -0.2) is 0 Å². The fourth-order valence-corrected chi connectivity index (χ4v) is 2.38. The van der Waals surface area contributed by atoms with Gasteiger partial charge in [-0.1, -0.05) is 0 Å². The second-order valence-corrected chi connectivity index (χ2v) is 5.19. The van der Waals surface area contributed by atoms with Gasteiger partial charge in [-0.15, -0.1) is 0 Å². The summed E-state index contributed by atoms with van der Waals surface area (Å²) in [6.07, 6.45) is 0. The first-order chi connectivity index (χ1) is 12.2. The number of amides is 1. The first-order valence-corrected chi connectivity index (χ1v) is 7.74. The number of ether oxygens (including phenoxy) is 5. The maximum absolute atomic E-state index is 12.2. The van der Waals surface area contributed by atoms with Crippen LogP contribution in [0.5, 0.6) is 28.7 Å². The molecule has 7 nitrogen and oxygen atoms in total. The van der Waals surface area contributed by atoms with Crippen LogP contribution in [0.3, 0.4) is 0 Å². The molecule has 0 spiro atoms. The van der Waals surface area contributed by atoms with Crippen molar-refractivity contribution in [2.75, 3.05) is 34.2 Å². The van der Waals surface area contributed by atoms with Gasteiger partial charge >= 0.3 is 0 Å². The van der Waals surface area contributed by atoms with Gasteiger partial charge in [0.15, 0.2) is 23.0 Å². The highest BCUT2D eigenvalue weighted by atomic mass is 16.7. The number of nitrogens with one attached hydrogen (secondary N) is 1. The molecule has 0 aromatic heterocycles. The van der Waals surface area contributed by atoms with Crippen molar-refractivity contribution in [3.63, 3.8) is 0 Å². The Kier molecular flexibility index (Phi) is 5.13. The summed E-state index contributed by atoms with van der Waals surface area (Å²) in [5.41, 5.74) is 0.487. The molecule has 1 N–H and O–H groups in total. The molecule has 1 aliphatic heterocycles. The Bertz CT molecular complexity index is 761. The highest BCUT2D eigenvalue weighted by Crippen LogP contribution is 2.35. The van der Waals surface area contributed by atoms with Gasteiger partial charge < -0.3 is 29.0 Å². The standard InChI is InChI=1S/C18H19NO6/c1-21-14-5-3-12(9-16(14)22-2)18(20)19-7-8-23-13-4-6-15-17(10-13)25-11-24-15/h3-6,9-10H,7-8,11H2,1-2H3,(H,19,20). The lowest BCUT2D eigenvalue weighted by Crippen LogP contribution is -2.28.